The molecular formula is C15H18F2O2. The molecule has 0 unspecified atom stereocenters. The summed E-state index contributed by atoms with van der Waals surface area (Å²) in [6.07, 6.45) is 2.79. The molecule has 2 nitrogen and oxygen atoms in total. The zero-order chi connectivity index (χ0) is 14.1. The third-order valence-corrected chi connectivity index (χ3v) is 3.43. The van der Waals surface area contributed by atoms with Crippen LogP contribution in [-0.4, -0.2) is 17.5 Å². The quantitative estimate of drug-likeness (QED) is 0.764. The minimum absolute atomic E-state index is 0.513. The van der Waals surface area contributed by atoms with E-state index in [1.54, 1.807) is 0 Å². The molecule has 2 rings (SSSR count). The van der Waals surface area contributed by atoms with Crippen LogP contribution in [0.1, 0.15) is 37.8 Å². The van der Waals surface area contributed by atoms with Crippen LogP contribution in [0.25, 0.3) is 0 Å². The van der Waals surface area contributed by atoms with E-state index < -0.39 is 17.5 Å². The summed E-state index contributed by atoms with van der Waals surface area (Å²) in [7, 11) is 0. The van der Waals surface area contributed by atoms with Crippen molar-refractivity contribution in [2.24, 2.45) is 0 Å². The molecule has 0 bridgehead atoms. The van der Waals surface area contributed by atoms with E-state index >= 15 is 0 Å². The number of halogens is 2. The summed E-state index contributed by atoms with van der Waals surface area (Å²) >= 11 is 0. The van der Waals surface area contributed by atoms with Crippen molar-refractivity contribution in [2.75, 3.05) is 0 Å². The maximum atomic E-state index is 12.8. The Hall–Kier alpha value is -1.45. The number of aryl methyl sites for hydroxylation is 1. The molecule has 0 saturated heterocycles. The van der Waals surface area contributed by atoms with Crippen molar-refractivity contribution in [3.63, 3.8) is 0 Å². The number of carbonyl (C=O) groups excluding carboxylic acids is 1. The lowest BCUT2D eigenvalue weighted by Crippen LogP contribution is -2.33. The Balaban J connectivity index is 1.99. The minimum atomic E-state index is -3.42. The maximum Gasteiger partial charge on any atom is 0.377 e. The average molecular weight is 268 g/mol. The molecule has 0 atom stereocenters. The SMILES string of the molecule is CCc1ccc(CC2(OC(=O)C(C)(F)F)CC2)cc1. The molecule has 19 heavy (non-hydrogen) atoms. The van der Waals surface area contributed by atoms with Gasteiger partial charge in [0.15, 0.2) is 0 Å². The van der Waals surface area contributed by atoms with E-state index in [9.17, 15) is 13.6 Å². The van der Waals surface area contributed by atoms with Gasteiger partial charge in [-0.25, -0.2) is 4.79 Å². The van der Waals surface area contributed by atoms with Gasteiger partial charge in [0.25, 0.3) is 0 Å². The van der Waals surface area contributed by atoms with E-state index in [0.717, 1.165) is 12.0 Å². The summed E-state index contributed by atoms with van der Waals surface area (Å²) < 4.78 is 30.7. The van der Waals surface area contributed by atoms with Crippen molar-refractivity contribution in [3.8, 4) is 0 Å². The summed E-state index contributed by atoms with van der Waals surface area (Å²) in [5.74, 6) is -4.84. The van der Waals surface area contributed by atoms with Crippen LogP contribution in [0.2, 0.25) is 0 Å². The number of esters is 1. The molecule has 1 aromatic carbocycles. The highest BCUT2D eigenvalue weighted by Gasteiger charge is 2.50. The fourth-order valence-electron chi connectivity index (χ4n) is 2.01. The number of rotatable bonds is 5. The Morgan fingerprint density at radius 3 is 2.21 bits per heavy atom. The van der Waals surface area contributed by atoms with Crippen LogP contribution in [0.5, 0.6) is 0 Å². The predicted molar refractivity (Wildman–Crippen MR) is 68.2 cm³/mol. The van der Waals surface area contributed by atoms with E-state index in [2.05, 4.69) is 6.92 Å². The van der Waals surface area contributed by atoms with Gasteiger partial charge in [-0.3, -0.25) is 0 Å². The fraction of sp³-hybridized carbons (Fsp3) is 0.533. The van der Waals surface area contributed by atoms with Crippen LogP contribution < -0.4 is 0 Å². The number of benzene rings is 1. The van der Waals surface area contributed by atoms with Crippen molar-refractivity contribution in [2.45, 2.75) is 51.1 Å². The summed E-state index contributed by atoms with van der Waals surface area (Å²) in [5, 5.41) is 0. The molecular weight excluding hydrogens is 250 g/mol. The van der Waals surface area contributed by atoms with Crippen LogP contribution in [0, 0.1) is 0 Å². The summed E-state index contributed by atoms with van der Waals surface area (Å²) in [4.78, 5) is 11.2. The van der Waals surface area contributed by atoms with Gasteiger partial charge in [0.2, 0.25) is 0 Å². The molecule has 0 radical (unpaired) electrons. The molecule has 0 aliphatic heterocycles. The summed E-state index contributed by atoms with van der Waals surface area (Å²) in [6.45, 7) is 2.64. The van der Waals surface area contributed by atoms with E-state index in [0.29, 0.717) is 26.2 Å². The second kappa shape index (κ2) is 4.91. The largest absolute Gasteiger partial charge is 0.454 e. The molecule has 0 N–H and O–H groups in total. The normalized spacial score (nSPS) is 17.1. The van der Waals surface area contributed by atoms with Crippen molar-refractivity contribution in [1.82, 2.24) is 0 Å². The highest BCUT2D eigenvalue weighted by Crippen LogP contribution is 2.43. The van der Waals surface area contributed by atoms with Gasteiger partial charge in [-0.15, -0.1) is 0 Å². The lowest BCUT2D eigenvalue weighted by molar-refractivity contribution is -0.177. The molecule has 0 aromatic heterocycles. The number of hydrogen-bond acceptors (Lipinski definition) is 2. The van der Waals surface area contributed by atoms with Gasteiger partial charge < -0.3 is 4.74 Å². The molecule has 0 spiro atoms. The first kappa shape index (κ1) is 14.0. The third-order valence-electron chi connectivity index (χ3n) is 3.43. The first-order chi connectivity index (χ1) is 8.85. The summed E-state index contributed by atoms with van der Waals surface area (Å²) in [6, 6.07) is 7.97. The second-order valence-corrected chi connectivity index (χ2v) is 5.31. The molecule has 104 valence electrons. The molecule has 1 saturated carbocycles. The Labute approximate surface area is 111 Å². The first-order valence-corrected chi connectivity index (χ1v) is 6.54. The van der Waals surface area contributed by atoms with Gasteiger partial charge in [-0.2, -0.15) is 8.78 Å². The zero-order valence-electron chi connectivity index (χ0n) is 11.2. The topological polar surface area (TPSA) is 26.3 Å². The molecule has 1 aromatic rings. The molecule has 1 fully saturated rings. The van der Waals surface area contributed by atoms with E-state index in [4.69, 9.17) is 4.74 Å². The lowest BCUT2D eigenvalue weighted by Gasteiger charge is -2.19. The number of hydrogen-bond donors (Lipinski definition) is 0. The second-order valence-electron chi connectivity index (χ2n) is 5.31. The van der Waals surface area contributed by atoms with Crippen molar-refractivity contribution < 1.29 is 18.3 Å². The Bertz CT molecular complexity index is 456. The molecule has 0 heterocycles. The maximum absolute atomic E-state index is 12.8. The van der Waals surface area contributed by atoms with E-state index in [1.807, 2.05) is 24.3 Å². The van der Waals surface area contributed by atoms with Crippen LogP contribution in [0.3, 0.4) is 0 Å². The summed E-state index contributed by atoms with van der Waals surface area (Å²) in [5.41, 5.74) is 1.54. The van der Waals surface area contributed by atoms with Gasteiger partial charge >= 0.3 is 11.9 Å². The van der Waals surface area contributed by atoms with E-state index in [1.165, 1.54) is 5.56 Å². The zero-order valence-corrected chi connectivity index (χ0v) is 11.2. The fourth-order valence-corrected chi connectivity index (χ4v) is 2.01. The number of ether oxygens (including phenoxy) is 1. The van der Waals surface area contributed by atoms with Crippen molar-refractivity contribution in [3.05, 3.63) is 35.4 Å². The van der Waals surface area contributed by atoms with Gasteiger partial charge in [-0.1, -0.05) is 31.2 Å². The van der Waals surface area contributed by atoms with Gasteiger partial charge in [-0.05, 0) is 30.4 Å². The Morgan fingerprint density at radius 2 is 1.79 bits per heavy atom. The minimum Gasteiger partial charge on any atom is -0.454 e. The monoisotopic (exact) mass is 268 g/mol. The molecule has 1 aliphatic carbocycles. The van der Waals surface area contributed by atoms with Gasteiger partial charge in [0.1, 0.15) is 5.60 Å². The molecule has 1 aliphatic rings. The van der Waals surface area contributed by atoms with Crippen LogP contribution in [0.4, 0.5) is 8.78 Å². The van der Waals surface area contributed by atoms with Gasteiger partial charge in [0.05, 0.1) is 0 Å². The van der Waals surface area contributed by atoms with Gasteiger partial charge in [0, 0.05) is 13.3 Å². The lowest BCUT2D eigenvalue weighted by atomic mass is 10.0. The van der Waals surface area contributed by atoms with Crippen molar-refractivity contribution in [1.29, 1.82) is 0 Å². The van der Waals surface area contributed by atoms with E-state index in [-0.39, 0.29) is 0 Å². The Kier molecular flexibility index (Phi) is 3.61. The van der Waals surface area contributed by atoms with Crippen LogP contribution in [0.15, 0.2) is 24.3 Å². The molecule has 0 amide bonds. The number of carbonyl (C=O) groups is 1. The molecule has 4 heteroatoms. The highest BCUT2D eigenvalue weighted by atomic mass is 19.3. The van der Waals surface area contributed by atoms with Crippen LogP contribution in [-0.2, 0) is 22.4 Å². The number of alkyl halides is 2. The highest BCUT2D eigenvalue weighted by molar-refractivity contribution is 5.77. The Morgan fingerprint density at radius 1 is 1.26 bits per heavy atom. The average Bonchev–Trinajstić information content (AvgIpc) is 3.08. The van der Waals surface area contributed by atoms with Crippen LogP contribution >= 0.6 is 0 Å². The standard InChI is InChI=1S/C15H18F2O2/c1-3-11-4-6-12(7-5-11)10-15(8-9-15)19-13(18)14(2,16)17/h4-7H,3,8-10H2,1-2H3. The smallest absolute Gasteiger partial charge is 0.377 e. The first-order valence-electron chi connectivity index (χ1n) is 6.54. The predicted octanol–water partition coefficient (Wildman–Crippen LogP) is 3.52. The third kappa shape index (κ3) is 3.52. The van der Waals surface area contributed by atoms with Crippen molar-refractivity contribution >= 4 is 5.97 Å².